The number of aryl methyl sites for hydroxylation is 1. The monoisotopic (exact) mass is 232 g/mol. The largest absolute Gasteiger partial charge is 0.313 e. The summed E-state index contributed by atoms with van der Waals surface area (Å²) in [7, 11) is 2.07. The van der Waals surface area contributed by atoms with E-state index in [1.54, 1.807) is 0 Å². The molecule has 2 nitrogen and oxygen atoms in total. The molecule has 17 heavy (non-hydrogen) atoms. The second-order valence-electron chi connectivity index (χ2n) is 5.53. The van der Waals surface area contributed by atoms with Crippen LogP contribution in [0, 0.1) is 18.8 Å². The first-order valence-corrected chi connectivity index (χ1v) is 6.80. The van der Waals surface area contributed by atoms with Gasteiger partial charge in [0.2, 0.25) is 0 Å². The number of hydrogen-bond acceptors (Lipinski definition) is 2. The van der Waals surface area contributed by atoms with Gasteiger partial charge in [0.1, 0.15) is 0 Å². The Bertz CT molecular complexity index is 344. The molecule has 3 atom stereocenters. The molecule has 0 bridgehead atoms. The van der Waals surface area contributed by atoms with Crippen molar-refractivity contribution in [3.05, 3.63) is 29.6 Å². The standard InChI is InChI=1S/C15H24N2/c1-11-5-4-6-13(9-11)15(16-3)14-8-7-12(2)17-10-14/h7-8,10-11,13,15-16H,4-6,9H2,1-3H3. The van der Waals surface area contributed by atoms with Crippen molar-refractivity contribution in [3.8, 4) is 0 Å². The van der Waals surface area contributed by atoms with E-state index in [-0.39, 0.29) is 0 Å². The minimum atomic E-state index is 0.478. The number of aromatic nitrogens is 1. The number of nitrogens with zero attached hydrogens (tertiary/aromatic N) is 1. The summed E-state index contributed by atoms with van der Waals surface area (Å²) < 4.78 is 0. The highest BCUT2D eigenvalue weighted by molar-refractivity contribution is 5.18. The van der Waals surface area contributed by atoms with Crippen molar-refractivity contribution >= 4 is 0 Å². The summed E-state index contributed by atoms with van der Waals surface area (Å²) in [6.45, 7) is 4.42. The molecule has 0 aromatic carbocycles. The lowest BCUT2D eigenvalue weighted by Gasteiger charge is -2.33. The molecule has 0 spiro atoms. The molecule has 0 amide bonds. The topological polar surface area (TPSA) is 24.9 Å². The van der Waals surface area contributed by atoms with E-state index in [1.165, 1.54) is 31.2 Å². The van der Waals surface area contributed by atoms with Gasteiger partial charge in [0.05, 0.1) is 0 Å². The zero-order valence-corrected chi connectivity index (χ0v) is 11.2. The van der Waals surface area contributed by atoms with Crippen molar-refractivity contribution in [2.45, 2.75) is 45.6 Å². The second kappa shape index (κ2) is 5.63. The molecule has 1 aromatic rings. The molecular weight excluding hydrogens is 208 g/mol. The molecule has 3 unspecified atom stereocenters. The normalized spacial score (nSPS) is 26.8. The van der Waals surface area contributed by atoms with Crippen LogP contribution in [-0.4, -0.2) is 12.0 Å². The molecule has 1 aliphatic carbocycles. The third-order valence-electron chi connectivity index (χ3n) is 4.05. The maximum atomic E-state index is 4.42. The van der Waals surface area contributed by atoms with Crippen LogP contribution in [0.5, 0.6) is 0 Å². The number of pyridine rings is 1. The Morgan fingerprint density at radius 3 is 2.76 bits per heavy atom. The van der Waals surface area contributed by atoms with E-state index in [1.807, 2.05) is 13.1 Å². The van der Waals surface area contributed by atoms with Crippen molar-refractivity contribution in [2.24, 2.45) is 11.8 Å². The molecule has 2 heteroatoms. The second-order valence-corrected chi connectivity index (χ2v) is 5.53. The van der Waals surface area contributed by atoms with Gasteiger partial charge in [-0.1, -0.05) is 25.8 Å². The van der Waals surface area contributed by atoms with Crippen molar-refractivity contribution in [1.29, 1.82) is 0 Å². The molecule has 94 valence electrons. The van der Waals surface area contributed by atoms with Gasteiger partial charge in [-0.15, -0.1) is 0 Å². The van der Waals surface area contributed by atoms with Crippen molar-refractivity contribution in [2.75, 3.05) is 7.05 Å². The predicted molar refractivity (Wildman–Crippen MR) is 71.9 cm³/mol. The summed E-state index contributed by atoms with van der Waals surface area (Å²) >= 11 is 0. The fourth-order valence-electron chi connectivity index (χ4n) is 3.12. The van der Waals surface area contributed by atoms with E-state index in [2.05, 4.69) is 36.4 Å². The molecule has 1 N–H and O–H groups in total. The number of nitrogens with one attached hydrogen (secondary N) is 1. The van der Waals surface area contributed by atoms with Gasteiger partial charge in [0, 0.05) is 17.9 Å². The van der Waals surface area contributed by atoms with Gasteiger partial charge < -0.3 is 5.32 Å². The highest BCUT2D eigenvalue weighted by Crippen LogP contribution is 2.36. The van der Waals surface area contributed by atoms with Crippen LogP contribution >= 0.6 is 0 Å². The first kappa shape index (κ1) is 12.6. The molecule has 1 aliphatic rings. The SMILES string of the molecule is CNC(c1ccc(C)nc1)C1CCCC(C)C1. The van der Waals surface area contributed by atoms with Crippen molar-refractivity contribution in [3.63, 3.8) is 0 Å². The Kier molecular flexibility index (Phi) is 4.16. The summed E-state index contributed by atoms with van der Waals surface area (Å²) in [5.41, 5.74) is 2.44. The zero-order chi connectivity index (χ0) is 12.3. The third kappa shape index (κ3) is 3.06. The molecule has 0 aliphatic heterocycles. The van der Waals surface area contributed by atoms with E-state index in [9.17, 15) is 0 Å². The number of rotatable bonds is 3. The predicted octanol–water partition coefficient (Wildman–Crippen LogP) is 3.48. The number of hydrogen-bond donors (Lipinski definition) is 1. The van der Waals surface area contributed by atoms with Gasteiger partial charge in [0.25, 0.3) is 0 Å². The molecule has 0 radical (unpaired) electrons. The van der Waals surface area contributed by atoms with E-state index < -0.39 is 0 Å². The minimum absolute atomic E-state index is 0.478. The zero-order valence-electron chi connectivity index (χ0n) is 11.2. The first-order valence-electron chi connectivity index (χ1n) is 6.80. The van der Waals surface area contributed by atoms with Crippen molar-refractivity contribution in [1.82, 2.24) is 10.3 Å². The van der Waals surface area contributed by atoms with Crippen LogP contribution in [0.1, 0.15) is 49.9 Å². The fraction of sp³-hybridized carbons (Fsp3) is 0.667. The van der Waals surface area contributed by atoms with Crippen LogP contribution < -0.4 is 5.32 Å². The van der Waals surface area contributed by atoms with Crippen LogP contribution in [-0.2, 0) is 0 Å². The van der Waals surface area contributed by atoms with Crippen LogP contribution in [0.4, 0.5) is 0 Å². The lowest BCUT2D eigenvalue weighted by molar-refractivity contribution is 0.229. The average molecular weight is 232 g/mol. The highest BCUT2D eigenvalue weighted by atomic mass is 14.9. The van der Waals surface area contributed by atoms with E-state index in [4.69, 9.17) is 0 Å². The molecule has 0 saturated heterocycles. The van der Waals surface area contributed by atoms with Gasteiger partial charge in [-0.25, -0.2) is 0 Å². The Hall–Kier alpha value is -0.890. The van der Waals surface area contributed by atoms with Gasteiger partial charge in [-0.2, -0.15) is 0 Å². The van der Waals surface area contributed by atoms with Crippen LogP contribution in [0.25, 0.3) is 0 Å². The Balaban J connectivity index is 2.12. The third-order valence-corrected chi connectivity index (χ3v) is 4.05. The maximum Gasteiger partial charge on any atom is 0.0372 e. The van der Waals surface area contributed by atoms with E-state index in [0.29, 0.717) is 6.04 Å². The van der Waals surface area contributed by atoms with E-state index >= 15 is 0 Å². The van der Waals surface area contributed by atoms with Crippen LogP contribution in [0.2, 0.25) is 0 Å². The van der Waals surface area contributed by atoms with E-state index in [0.717, 1.165) is 17.5 Å². The lowest BCUT2D eigenvalue weighted by atomic mass is 9.77. The van der Waals surface area contributed by atoms with Crippen LogP contribution in [0.3, 0.4) is 0 Å². The van der Waals surface area contributed by atoms with Crippen molar-refractivity contribution < 1.29 is 0 Å². The Labute approximate surface area is 105 Å². The summed E-state index contributed by atoms with van der Waals surface area (Å²) in [6, 6.07) is 4.82. The average Bonchev–Trinajstić information content (AvgIpc) is 2.33. The summed E-state index contributed by atoms with van der Waals surface area (Å²) in [5, 5.41) is 3.49. The van der Waals surface area contributed by atoms with Gasteiger partial charge in [0.15, 0.2) is 0 Å². The molecule has 1 saturated carbocycles. The smallest absolute Gasteiger partial charge is 0.0372 e. The molecule has 1 aromatic heterocycles. The molecule has 2 rings (SSSR count). The quantitative estimate of drug-likeness (QED) is 0.863. The van der Waals surface area contributed by atoms with Gasteiger partial charge in [-0.3, -0.25) is 4.98 Å². The molecule has 1 fully saturated rings. The fourth-order valence-corrected chi connectivity index (χ4v) is 3.12. The van der Waals surface area contributed by atoms with Gasteiger partial charge in [-0.05, 0) is 50.3 Å². The maximum absolute atomic E-state index is 4.42. The van der Waals surface area contributed by atoms with Gasteiger partial charge >= 0.3 is 0 Å². The minimum Gasteiger partial charge on any atom is -0.313 e. The first-order chi connectivity index (χ1) is 8.20. The molecular formula is C15H24N2. The Morgan fingerprint density at radius 1 is 1.35 bits per heavy atom. The lowest BCUT2D eigenvalue weighted by Crippen LogP contribution is -2.29. The highest BCUT2D eigenvalue weighted by Gasteiger charge is 2.26. The van der Waals surface area contributed by atoms with Crippen LogP contribution in [0.15, 0.2) is 18.3 Å². The molecule has 1 heterocycles. The summed E-state index contributed by atoms with van der Waals surface area (Å²) in [6.07, 6.45) is 7.52. The summed E-state index contributed by atoms with van der Waals surface area (Å²) in [5.74, 6) is 1.65. The summed E-state index contributed by atoms with van der Waals surface area (Å²) in [4.78, 5) is 4.42. The Morgan fingerprint density at radius 2 is 2.18 bits per heavy atom.